The minimum Gasteiger partial charge on any atom is -0.481 e. The van der Waals surface area contributed by atoms with Crippen LogP contribution in [0.4, 0.5) is 0 Å². The van der Waals surface area contributed by atoms with Gasteiger partial charge in [-0.2, -0.15) is 0 Å². The second-order valence-electron chi connectivity index (χ2n) is 6.53. The van der Waals surface area contributed by atoms with Crippen LogP contribution < -0.4 is 0 Å². The van der Waals surface area contributed by atoms with E-state index in [0.29, 0.717) is 5.92 Å². The van der Waals surface area contributed by atoms with E-state index in [2.05, 4.69) is 29.5 Å². The Balaban J connectivity index is 0.00000133. The first-order chi connectivity index (χ1) is 8.55. The van der Waals surface area contributed by atoms with Gasteiger partial charge in [-0.15, -0.1) is 6.42 Å². The summed E-state index contributed by atoms with van der Waals surface area (Å²) in [4.78, 5) is 12.0. The summed E-state index contributed by atoms with van der Waals surface area (Å²) in [6, 6.07) is 0. The molecular formula is C15H22IO2Rh-. The van der Waals surface area contributed by atoms with Crippen LogP contribution in [0.1, 0.15) is 52.4 Å². The van der Waals surface area contributed by atoms with Crippen LogP contribution in [-0.4, -0.2) is 11.6 Å². The van der Waals surface area contributed by atoms with Crippen molar-refractivity contribution in [2.24, 2.45) is 23.7 Å². The quantitative estimate of drug-likeness (QED) is 0.272. The average Bonchev–Trinajstić information content (AvgIpc) is 2.97. The zero-order chi connectivity index (χ0) is 12.9. The smallest absolute Gasteiger partial charge is 0.179 e. The Morgan fingerprint density at radius 1 is 1.42 bits per heavy atom. The summed E-state index contributed by atoms with van der Waals surface area (Å²) < 4.78 is 6.74. The molecule has 1 radical (unpaired) electrons. The number of esters is 1. The number of carbonyl (C=O) groups excluding carboxylic acids is 1. The first kappa shape index (κ1) is 16.1. The Kier molecular flexibility index (Phi) is 4.93. The summed E-state index contributed by atoms with van der Waals surface area (Å²) in [6.07, 6.45) is 7.39. The Morgan fingerprint density at radius 2 is 2.11 bits per heavy atom. The second-order valence-corrected chi connectivity index (χ2v) is 7.83. The third kappa shape index (κ3) is 2.61. The van der Waals surface area contributed by atoms with Gasteiger partial charge in [-0.3, -0.25) is 27.4 Å². The van der Waals surface area contributed by atoms with Crippen molar-refractivity contribution in [3.63, 3.8) is 0 Å². The van der Waals surface area contributed by atoms with Crippen LogP contribution in [0.15, 0.2) is 0 Å². The number of hydrogen-bond acceptors (Lipinski definition) is 2. The van der Waals surface area contributed by atoms with Crippen molar-refractivity contribution in [1.82, 2.24) is 0 Å². The molecule has 0 aliphatic heterocycles. The normalized spacial score (nSPS) is 42.7. The topological polar surface area (TPSA) is 26.3 Å². The van der Waals surface area contributed by atoms with Crippen LogP contribution in [-0.2, 0) is 29.0 Å². The van der Waals surface area contributed by atoms with Crippen LogP contribution in [0.3, 0.4) is 0 Å². The Morgan fingerprint density at radius 3 is 2.79 bits per heavy atom. The fourth-order valence-electron chi connectivity index (χ4n) is 4.92. The van der Waals surface area contributed by atoms with Crippen molar-refractivity contribution in [2.45, 2.75) is 58.0 Å². The van der Waals surface area contributed by atoms with Crippen molar-refractivity contribution in [3.05, 3.63) is 3.92 Å². The molecule has 0 aromatic rings. The van der Waals surface area contributed by atoms with E-state index in [4.69, 9.17) is 4.74 Å². The van der Waals surface area contributed by atoms with Crippen LogP contribution >= 0.6 is 22.6 Å². The molecule has 4 heteroatoms. The predicted molar refractivity (Wildman–Crippen MR) is 79.1 cm³/mol. The van der Waals surface area contributed by atoms with Crippen LogP contribution in [0.25, 0.3) is 0 Å². The van der Waals surface area contributed by atoms with E-state index in [9.17, 15) is 4.79 Å². The molecule has 0 amide bonds. The molecule has 5 unspecified atom stereocenters. The molecule has 0 aromatic carbocycles. The van der Waals surface area contributed by atoms with Gasteiger partial charge in [-0.1, -0.05) is 13.3 Å². The Bertz CT molecular complexity index is 362. The molecule has 3 rings (SSSR count). The maximum atomic E-state index is 12.0. The molecule has 5 atom stereocenters. The first-order valence-corrected chi connectivity index (χ1v) is 8.37. The van der Waals surface area contributed by atoms with E-state index in [1.54, 1.807) is 0 Å². The van der Waals surface area contributed by atoms with Gasteiger partial charge in [0.05, 0.1) is 0 Å². The van der Waals surface area contributed by atoms with Gasteiger partial charge in [0, 0.05) is 25.4 Å². The van der Waals surface area contributed by atoms with Crippen LogP contribution in [0.2, 0.25) is 0 Å². The van der Waals surface area contributed by atoms with Gasteiger partial charge in [0.15, 0.2) is 5.97 Å². The molecule has 111 valence electrons. The standard InChI is InChI=1S/C15H22IO2.Rh/c1-3-13(16)14(17)18-15(2)8-9-7-12(15)11-6-4-5-10(9)11;/h9-12H,3-8H2,1-2H3;/q-1;. The van der Waals surface area contributed by atoms with E-state index < -0.39 is 0 Å². The van der Waals surface area contributed by atoms with Gasteiger partial charge < -0.3 is 4.74 Å². The van der Waals surface area contributed by atoms with E-state index in [0.717, 1.165) is 34.5 Å². The summed E-state index contributed by atoms with van der Waals surface area (Å²) in [5.74, 6) is 3.21. The number of carbonyl (C=O) groups is 1. The summed E-state index contributed by atoms with van der Waals surface area (Å²) >= 11 is 2.13. The molecule has 3 fully saturated rings. The minimum absolute atomic E-state index is 0. The molecule has 3 aliphatic carbocycles. The molecule has 3 aliphatic rings. The molecule has 0 spiro atoms. The Labute approximate surface area is 142 Å². The van der Waals surface area contributed by atoms with Gasteiger partial charge in [-0.25, -0.2) is 3.92 Å². The number of hydrogen-bond donors (Lipinski definition) is 0. The Hall–Kier alpha value is 0.693. The summed E-state index contributed by atoms with van der Waals surface area (Å²) in [6.45, 7) is 4.20. The molecule has 0 heterocycles. The van der Waals surface area contributed by atoms with Gasteiger partial charge in [-0.05, 0) is 50.4 Å². The van der Waals surface area contributed by atoms with Crippen molar-refractivity contribution in [2.75, 3.05) is 0 Å². The number of ether oxygens (including phenoxy) is 1. The molecule has 0 aromatic heterocycles. The van der Waals surface area contributed by atoms with Crippen LogP contribution in [0, 0.1) is 27.6 Å². The third-order valence-electron chi connectivity index (χ3n) is 5.61. The number of rotatable bonds is 3. The summed E-state index contributed by atoms with van der Waals surface area (Å²) in [5, 5.41) is 0. The number of halogens is 1. The van der Waals surface area contributed by atoms with Crippen molar-refractivity contribution in [1.29, 1.82) is 0 Å². The monoisotopic (exact) mass is 464 g/mol. The first-order valence-electron chi connectivity index (χ1n) is 7.30. The number of fused-ring (bicyclic) bond motifs is 5. The summed E-state index contributed by atoms with van der Waals surface area (Å²) in [5.41, 5.74) is -0.168. The van der Waals surface area contributed by atoms with Gasteiger partial charge in [0.1, 0.15) is 5.60 Å². The van der Waals surface area contributed by atoms with Crippen molar-refractivity contribution >= 4 is 28.6 Å². The molecule has 0 N–H and O–H groups in total. The SMILES string of the molecule is CC[C-](I)C(=O)OC1(C)CC2CC1C1CCCC21.[Rh]. The van der Waals surface area contributed by atoms with E-state index >= 15 is 0 Å². The van der Waals surface area contributed by atoms with Gasteiger partial charge in [0.2, 0.25) is 0 Å². The van der Waals surface area contributed by atoms with E-state index in [1.807, 2.05) is 6.92 Å². The molecule has 0 saturated heterocycles. The fourth-order valence-corrected chi connectivity index (χ4v) is 5.03. The maximum absolute atomic E-state index is 12.0. The molecule has 2 bridgehead atoms. The molecule has 19 heavy (non-hydrogen) atoms. The fraction of sp³-hybridized carbons (Fsp3) is 0.867. The largest absolute Gasteiger partial charge is 0.481 e. The molecule has 3 saturated carbocycles. The minimum atomic E-state index is -0.168. The van der Waals surface area contributed by atoms with Gasteiger partial charge >= 0.3 is 0 Å². The van der Waals surface area contributed by atoms with E-state index in [-0.39, 0.29) is 31.0 Å². The third-order valence-corrected chi connectivity index (χ3v) is 6.82. The molecular weight excluding hydrogens is 442 g/mol. The molecule has 2 nitrogen and oxygen atoms in total. The maximum Gasteiger partial charge on any atom is 0.179 e. The predicted octanol–water partition coefficient (Wildman–Crippen LogP) is 4.12. The van der Waals surface area contributed by atoms with Crippen molar-refractivity contribution < 1.29 is 29.0 Å². The second kappa shape index (κ2) is 5.83. The van der Waals surface area contributed by atoms with Crippen LogP contribution in [0.5, 0.6) is 0 Å². The van der Waals surface area contributed by atoms with Gasteiger partial charge in [0.25, 0.3) is 0 Å². The van der Waals surface area contributed by atoms with E-state index in [1.165, 1.54) is 25.7 Å². The zero-order valence-electron chi connectivity index (χ0n) is 11.6. The van der Waals surface area contributed by atoms with Crippen molar-refractivity contribution in [3.8, 4) is 0 Å². The zero-order valence-corrected chi connectivity index (χ0v) is 15.4. The summed E-state index contributed by atoms with van der Waals surface area (Å²) in [7, 11) is 0. The average molecular weight is 464 g/mol.